The number of nitrogens with zero attached hydrogens (tertiary/aromatic N) is 6. The molecule has 0 aromatic carbocycles. The van der Waals surface area contributed by atoms with Crippen LogP contribution in [0.3, 0.4) is 0 Å². The van der Waals surface area contributed by atoms with E-state index in [0.717, 1.165) is 11.4 Å². The molecule has 3 rings (SSSR count). The van der Waals surface area contributed by atoms with E-state index in [2.05, 4.69) is 20.3 Å². The van der Waals surface area contributed by atoms with Gasteiger partial charge in [-0.1, -0.05) is 0 Å². The van der Waals surface area contributed by atoms with E-state index in [1.165, 1.54) is 0 Å². The minimum Gasteiger partial charge on any atom is -0.468 e. The highest BCUT2D eigenvalue weighted by Crippen LogP contribution is 2.18. The highest BCUT2D eigenvalue weighted by Gasteiger charge is 2.28. The summed E-state index contributed by atoms with van der Waals surface area (Å²) < 4.78 is 7.25. The Morgan fingerprint density at radius 1 is 1.43 bits per heavy atom. The Morgan fingerprint density at radius 2 is 2.21 bits per heavy atom. The lowest BCUT2D eigenvalue weighted by molar-refractivity contribution is -0.120. The van der Waals surface area contributed by atoms with Gasteiger partial charge in [-0.3, -0.25) is 19.4 Å². The smallest absolute Gasteiger partial charge is 0.246 e. The number of carbonyl (C=O) groups excluding carboxylic acids is 1. The zero-order valence-electron chi connectivity index (χ0n) is 16.7. The van der Waals surface area contributed by atoms with Gasteiger partial charge in [-0.25, -0.2) is 0 Å². The van der Waals surface area contributed by atoms with Gasteiger partial charge < -0.3 is 19.5 Å². The number of aryl methyl sites for hydroxylation is 1. The number of aromatic nitrogens is 2. The van der Waals surface area contributed by atoms with Crippen molar-refractivity contribution >= 4 is 41.5 Å². The van der Waals surface area contributed by atoms with Crippen molar-refractivity contribution in [2.75, 3.05) is 52.2 Å². The van der Waals surface area contributed by atoms with Crippen LogP contribution in [0.1, 0.15) is 11.8 Å². The molecule has 0 bridgehead atoms. The van der Waals surface area contributed by atoms with E-state index in [1.54, 1.807) is 29.1 Å². The lowest BCUT2D eigenvalue weighted by atomic mass is 10.2. The van der Waals surface area contributed by atoms with Gasteiger partial charge in [-0.15, -0.1) is 24.0 Å². The molecule has 1 N–H and O–H groups in total. The second-order valence-corrected chi connectivity index (χ2v) is 6.76. The molecule has 3 heterocycles. The molecule has 10 heteroatoms. The first-order valence-corrected chi connectivity index (χ1v) is 8.94. The van der Waals surface area contributed by atoms with Crippen LogP contribution in [0.15, 0.2) is 40.2 Å². The fraction of sp³-hybridized carbons (Fsp3) is 0.500. The van der Waals surface area contributed by atoms with Gasteiger partial charge in [-0.05, 0) is 26.2 Å². The van der Waals surface area contributed by atoms with Crippen LogP contribution in [-0.4, -0.2) is 78.8 Å². The Bertz CT molecular complexity index is 788. The summed E-state index contributed by atoms with van der Waals surface area (Å²) in [6, 6.07) is 3.92. The molecule has 1 aliphatic rings. The molecule has 1 unspecified atom stereocenters. The molecule has 154 valence electrons. The highest BCUT2D eigenvalue weighted by molar-refractivity contribution is 14.0. The maximum Gasteiger partial charge on any atom is 0.246 e. The summed E-state index contributed by atoms with van der Waals surface area (Å²) in [5.74, 6) is 1.64. The van der Waals surface area contributed by atoms with Gasteiger partial charge in [0.2, 0.25) is 5.91 Å². The van der Waals surface area contributed by atoms with Gasteiger partial charge in [-0.2, -0.15) is 5.10 Å². The standard InChI is InChI=1S/C18H27N7O2.HI/c1-19-18(20-11-15(22(2)3)16-6-5-9-27-16)24-7-8-25(17(26)13-24)14-10-21-23(4)12-14;/h5-6,9-10,12,15H,7-8,11,13H2,1-4H3,(H,19,20);1H. The van der Waals surface area contributed by atoms with E-state index >= 15 is 0 Å². The Morgan fingerprint density at radius 3 is 2.75 bits per heavy atom. The molecule has 1 atom stereocenters. The van der Waals surface area contributed by atoms with Crippen molar-refractivity contribution in [1.82, 2.24) is 24.9 Å². The van der Waals surface area contributed by atoms with E-state index in [0.29, 0.717) is 25.6 Å². The minimum absolute atomic E-state index is 0. The van der Waals surface area contributed by atoms with Gasteiger partial charge in [0.15, 0.2) is 5.96 Å². The number of piperazine rings is 1. The predicted octanol–water partition coefficient (Wildman–Crippen LogP) is 1.16. The number of likely N-dealkylation sites (N-methyl/N-ethyl adjacent to an activating group) is 1. The summed E-state index contributed by atoms with van der Waals surface area (Å²) in [7, 11) is 7.59. The van der Waals surface area contributed by atoms with Crippen LogP contribution in [0, 0.1) is 0 Å². The number of hydrogen-bond donors (Lipinski definition) is 1. The Labute approximate surface area is 182 Å². The molecule has 1 fully saturated rings. The maximum atomic E-state index is 12.6. The first kappa shape index (κ1) is 22.2. The molecule has 2 aromatic heterocycles. The fourth-order valence-electron chi connectivity index (χ4n) is 3.21. The highest BCUT2D eigenvalue weighted by atomic mass is 127. The number of guanidine groups is 1. The zero-order chi connectivity index (χ0) is 19.4. The number of aliphatic imine (C=N–C) groups is 1. The number of rotatable bonds is 5. The monoisotopic (exact) mass is 501 g/mol. The van der Waals surface area contributed by atoms with Crippen LogP contribution < -0.4 is 10.2 Å². The lowest BCUT2D eigenvalue weighted by Gasteiger charge is -2.36. The Balaban J connectivity index is 0.00000280. The van der Waals surface area contributed by atoms with E-state index in [4.69, 9.17) is 4.42 Å². The molecule has 1 aliphatic heterocycles. The molecule has 1 saturated heterocycles. The third kappa shape index (κ3) is 5.04. The molecule has 0 saturated carbocycles. The number of amides is 1. The summed E-state index contributed by atoms with van der Waals surface area (Å²) in [5.41, 5.74) is 0.829. The number of carbonyl (C=O) groups is 1. The van der Waals surface area contributed by atoms with Crippen molar-refractivity contribution < 1.29 is 9.21 Å². The third-order valence-electron chi connectivity index (χ3n) is 4.68. The van der Waals surface area contributed by atoms with Crippen molar-refractivity contribution in [3.8, 4) is 0 Å². The summed E-state index contributed by atoms with van der Waals surface area (Å²) in [6.45, 7) is 2.21. The minimum atomic E-state index is 0. The first-order valence-electron chi connectivity index (χ1n) is 8.94. The normalized spacial score (nSPS) is 16.3. The number of furan rings is 1. The molecule has 2 aromatic rings. The fourth-order valence-corrected chi connectivity index (χ4v) is 3.21. The Hall–Kier alpha value is -2.08. The summed E-state index contributed by atoms with van der Waals surface area (Å²) >= 11 is 0. The molecule has 0 aliphatic carbocycles. The maximum absolute atomic E-state index is 12.6. The van der Waals surface area contributed by atoms with Crippen LogP contribution in [0.25, 0.3) is 0 Å². The second-order valence-electron chi connectivity index (χ2n) is 6.76. The first-order chi connectivity index (χ1) is 13.0. The lowest BCUT2D eigenvalue weighted by Crippen LogP contribution is -2.56. The number of hydrogen-bond acceptors (Lipinski definition) is 5. The van der Waals surface area contributed by atoms with Crippen molar-refractivity contribution in [2.24, 2.45) is 12.0 Å². The van der Waals surface area contributed by atoms with Crippen molar-refractivity contribution in [1.29, 1.82) is 0 Å². The van der Waals surface area contributed by atoms with Crippen LogP contribution in [0.4, 0.5) is 5.69 Å². The van der Waals surface area contributed by atoms with Gasteiger partial charge in [0.25, 0.3) is 0 Å². The molecule has 1 amide bonds. The van der Waals surface area contributed by atoms with Crippen LogP contribution >= 0.6 is 24.0 Å². The molecule has 28 heavy (non-hydrogen) atoms. The molecular formula is C18H28IN7O2. The van der Waals surface area contributed by atoms with Crippen LogP contribution in [0.2, 0.25) is 0 Å². The SMILES string of the molecule is CN=C(NCC(c1ccco1)N(C)C)N1CCN(c2cnn(C)c2)C(=O)C1.I. The topological polar surface area (TPSA) is 82.1 Å². The third-order valence-corrected chi connectivity index (χ3v) is 4.68. The average molecular weight is 501 g/mol. The summed E-state index contributed by atoms with van der Waals surface area (Å²) in [6.07, 6.45) is 5.24. The van der Waals surface area contributed by atoms with Gasteiger partial charge in [0, 0.05) is 39.9 Å². The zero-order valence-corrected chi connectivity index (χ0v) is 19.0. The average Bonchev–Trinajstić information content (AvgIpc) is 3.30. The number of nitrogens with one attached hydrogen (secondary N) is 1. The predicted molar refractivity (Wildman–Crippen MR) is 119 cm³/mol. The summed E-state index contributed by atoms with van der Waals surface area (Å²) in [4.78, 5) is 22.8. The van der Waals surface area contributed by atoms with E-state index in [1.807, 2.05) is 44.4 Å². The van der Waals surface area contributed by atoms with Crippen molar-refractivity contribution in [3.05, 3.63) is 36.5 Å². The molecule has 9 nitrogen and oxygen atoms in total. The quantitative estimate of drug-likeness (QED) is 0.376. The largest absolute Gasteiger partial charge is 0.468 e. The number of anilines is 1. The number of halogens is 1. The van der Waals surface area contributed by atoms with Gasteiger partial charge in [0.05, 0.1) is 24.2 Å². The molecular weight excluding hydrogens is 473 g/mol. The van der Waals surface area contributed by atoms with Gasteiger partial charge in [0.1, 0.15) is 12.3 Å². The van der Waals surface area contributed by atoms with E-state index in [-0.39, 0.29) is 42.5 Å². The molecule has 0 spiro atoms. The van der Waals surface area contributed by atoms with Crippen molar-refractivity contribution in [3.63, 3.8) is 0 Å². The van der Waals surface area contributed by atoms with E-state index < -0.39 is 0 Å². The second kappa shape index (κ2) is 9.92. The Kier molecular flexibility index (Phi) is 7.87. The van der Waals surface area contributed by atoms with E-state index in [9.17, 15) is 4.79 Å². The van der Waals surface area contributed by atoms with Crippen molar-refractivity contribution in [2.45, 2.75) is 6.04 Å². The van der Waals surface area contributed by atoms with Gasteiger partial charge >= 0.3 is 0 Å². The van der Waals surface area contributed by atoms with Crippen LogP contribution in [0.5, 0.6) is 0 Å². The summed E-state index contributed by atoms with van der Waals surface area (Å²) in [5, 5.41) is 7.52. The van der Waals surface area contributed by atoms with Crippen LogP contribution in [-0.2, 0) is 11.8 Å². The molecule has 0 radical (unpaired) electrons.